The van der Waals surface area contributed by atoms with Gasteiger partial charge in [0.1, 0.15) is 12.0 Å². The van der Waals surface area contributed by atoms with Crippen LogP contribution in [0.3, 0.4) is 0 Å². The molecule has 4 aromatic heterocycles. The summed E-state index contributed by atoms with van der Waals surface area (Å²) in [7, 11) is 0. The molecule has 7 nitrogen and oxygen atoms in total. The van der Waals surface area contributed by atoms with Gasteiger partial charge in [-0.2, -0.15) is 0 Å². The van der Waals surface area contributed by atoms with Gasteiger partial charge < -0.3 is 4.52 Å². The summed E-state index contributed by atoms with van der Waals surface area (Å²) in [6, 6.07) is 23.0. The minimum absolute atomic E-state index is 0.210. The first-order valence-electron chi connectivity index (χ1n) is 11.0. The van der Waals surface area contributed by atoms with Gasteiger partial charge in [0.05, 0.1) is 6.54 Å². The molecule has 6 rings (SSSR count). The molecule has 0 aliphatic carbocycles. The maximum absolute atomic E-state index is 13.3. The number of aromatic nitrogens is 5. The molecule has 35 heavy (non-hydrogen) atoms. The number of benzene rings is 2. The van der Waals surface area contributed by atoms with Crippen molar-refractivity contribution in [3.63, 3.8) is 0 Å². The monoisotopic (exact) mass is 479 g/mol. The van der Waals surface area contributed by atoms with E-state index in [-0.39, 0.29) is 5.69 Å². The van der Waals surface area contributed by atoms with Gasteiger partial charge in [0.25, 0.3) is 0 Å². The first-order chi connectivity index (χ1) is 17.2. The van der Waals surface area contributed by atoms with E-state index in [1.165, 1.54) is 10.9 Å². The average molecular weight is 480 g/mol. The highest BCUT2D eigenvalue weighted by Gasteiger charge is 2.17. The molecule has 0 spiro atoms. The largest absolute Gasteiger partial charge is 0.364 e. The van der Waals surface area contributed by atoms with Crippen LogP contribution in [0.2, 0.25) is 5.02 Å². The van der Waals surface area contributed by atoms with Crippen LogP contribution in [0.5, 0.6) is 0 Å². The molecule has 0 saturated carbocycles. The fraction of sp³-hybridized carbons (Fsp3) is 0.0370. The van der Waals surface area contributed by atoms with Crippen LogP contribution in [0.4, 0.5) is 0 Å². The molecule has 4 heterocycles. The molecule has 0 bridgehead atoms. The zero-order valence-electron chi connectivity index (χ0n) is 18.4. The number of hydrogen-bond acceptors (Lipinski definition) is 5. The lowest BCUT2D eigenvalue weighted by molar-refractivity contribution is 0.422. The summed E-state index contributed by atoms with van der Waals surface area (Å²) in [4.78, 5) is 17.4. The normalized spacial score (nSPS) is 11.2. The molecule has 0 amide bonds. The van der Waals surface area contributed by atoms with Crippen LogP contribution in [0.15, 0.2) is 107 Å². The highest BCUT2D eigenvalue weighted by atomic mass is 35.5. The third-order valence-corrected chi connectivity index (χ3v) is 6.15. The van der Waals surface area contributed by atoms with Crippen molar-refractivity contribution < 1.29 is 4.52 Å². The van der Waals surface area contributed by atoms with Crippen LogP contribution < -0.4 is 5.69 Å². The molecule has 0 unspecified atom stereocenters. The fourth-order valence-electron chi connectivity index (χ4n) is 4.17. The first-order valence-corrected chi connectivity index (χ1v) is 11.3. The number of hydrogen-bond donors (Lipinski definition) is 0. The minimum Gasteiger partial charge on any atom is -0.364 e. The van der Waals surface area contributed by atoms with E-state index in [1.54, 1.807) is 29.1 Å². The van der Waals surface area contributed by atoms with Crippen molar-refractivity contribution in [2.45, 2.75) is 6.54 Å². The molecular weight excluding hydrogens is 462 g/mol. The average Bonchev–Trinajstić information content (AvgIpc) is 3.54. The maximum Gasteiger partial charge on any atom is 0.350 e. The van der Waals surface area contributed by atoms with Crippen LogP contribution >= 0.6 is 11.6 Å². The van der Waals surface area contributed by atoms with E-state index in [2.05, 4.69) is 10.1 Å². The number of pyridine rings is 2. The van der Waals surface area contributed by atoms with Crippen molar-refractivity contribution in [2.75, 3.05) is 0 Å². The SMILES string of the molecule is O=c1n(Cc2ccc(-c3ccon3)cc2)nc2c(-c3ccncc3)c(-c3ccc(Cl)cc3)ccn12. The lowest BCUT2D eigenvalue weighted by Crippen LogP contribution is -2.21. The Hall–Kier alpha value is -4.49. The molecule has 2 aromatic carbocycles. The van der Waals surface area contributed by atoms with Gasteiger partial charge in [-0.15, -0.1) is 5.10 Å². The van der Waals surface area contributed by atoms with Gasteiger partial charge in [0, 0.05) is 40.8 Å². The predicted molar refractivity (Wildman–Crippen MR) is 134 cm³/mol. The van der Waals surface area contributed by atoms with Gasteiger partial charge in [0.15, 0.2) is 5.65 Å². The fourth-order valence-corrected chi connectivity index (χ4v) is 4.30. The summed E-state index contributed by atoms with van der Waals surface area (Å²) in [5, 5.41) is 9.38. The lowest BCUT2D eigenvalue weighted by atomic mass is 9.96. The smallest absolute Gasteiger partial charge is 0.350 e. The Labute approximate surface area is 204 Å². The highest BCUT2D eigenvalue weighted by molar-refractivity contribution is 6.30. The zero-order valence-corrected chi connectivity index (χ0v) is 19.1. The Morgan fingerprint density at radius 2 is 1.57 bits per heavy atom. The molecule has 170 valence electrons. The molecule has 0 radical (unpaired) electrons. The van der Waals surface area contributed by atoms with Crippen LogP contribution in [0.25, 0.3) is 39.2 Å². The maximum atomic E-state index is 13.3. The second-order valence-electron chi connectivity index (χ2n) is 8.06. The summed E-state index contributed by atoms with van der Waals surface area (Å²) in [6.07, 6.45) is 6.77. The van der Waals surface area contributed by atoms with Crippen molar-refractivity contribution in [1.82, 2.24) is 24.3 Å². The van der Waals surface area contributed by atoms with Gasteiger partial charge in [-0.3, -0.25) is 4.98 Å². The van der Waals surface area contributed by atoms with E-state index in [9.17, 15) is 4.79 Å². The molecule has 0 aliphatic rings. The van der Waals surface area contributed by atoms with E-state index in [0.717, 1.165) is 39.1 Å². The molecule has 0 aliphatic heterocycles. The second kappa shape index (κ2) is 8.70. The van der Waals surface area contributed by atoms with E-state index < -0.39 is 0 Å². The van der Waals surface area contributed by atoms with Gasteiger partial charge >= 0.3 is 5.69 Å². The summed E-state index contributed by atoms with van der Waals surface area (Å²) in [5.41, 5.74) is 6.73. The Morgan fingerprint density at radius 3 is 2.29 bits per heavy atom. The zero-order chi connectivity index (χ0) is 23.8. The Balaban J connectivity index is 1.46. The molecule has 6 aromatic rings. The topological polar surface area (TPSA) is 78.2 Å². The van der Waals surface area contributed by atoms with E-state index in [4.69, 9.17) is 21.2 Å². The van der Waals surface area contributed by atoms with Crippen LogP contribution in [0, 0.1) is 0 Å². The summed E-state index contributed by atoms with van der Waals surface area (Å²) in [5.74, 6) is 0. The molecule has 0 fully saturated rings. The Kier molecular flexibility index (Phi) is 5.24. The number of nitrogens with zero attached hydrogens (tertiary/aromatic N) is 5. The molecule has 0 atom stereocenters. The number of fused-ring (bicyclic) bond motifs is 1. The third-order valence-electron chi connectivity index (χ3n) is 5.90. The van der Waals surface area contributed by atoms with Gasteiger partial charge in [-0.05, 0) is 52.6 Å². The third kappa shape index (κ3) is 3.92. The Bertz CT molecular complexity index is 1670. The lowest BCUT2D eigenvalue weighted by Gasteiger charge is -2.11. The predicted octanol–water partition coefficient (Wildman–Crippen LogP) is 5.58. The quantitative estimate of drug-likeness (QED) is 0.322. The van der Waals surface area contributed by atoms with Gasteiger partial charge in [0.2, 0.25) is 0 Å². The number of halogens is 1. The second-order valence-corrected chi connectivity index (χ2v) is 8.50. The van der Waals surface area contributed by atoms with Crippen molar-refractivity contribution in [1.29, 1.82) is 0 Å². The van der Waals surface area contributed by atoms with Crippen molar-refractivity contribution >= 4 is 17.2 Å². The standard InChI is InChI=1S/C27H18ClN5O2/c28-22-7-5-19(6-8-22)23-11-15-32-26(25(23)21-9-13-29-14-10-21)30-33(27(32)34)17-18-1-3-20(4-2-18)24-12-16-35-31-24/h1-16H,17H2. The number of rotatable bonds is 5. The van der Waals surface area contributed by atoms with E-state index in [0.29, 0.717) is 17.2 Å². The first kappa shape index (κ1) is 21.1. The van der Waals surface area contributed by atoms with Gasteiger partial charge in [-0.1, -0.05) is 53.2 Å². The molecule has 0 N–H and O–H groups in total. The van der Waals surface area contributed by atoms with Crippen LogP contribution in [-0.4, -0.2) is 24.3 Å². The van der Waals surface area contributed by atoms with Gasteiger partial charge in [-0.25, -0.2) is 13.9 Å². The van der Waals surface area contributed by atoms with E-state index in [1.807, 2.05) is 66.7 Å². The molecule has 0 saturated heterocycles. The van der Waals surface area contributed by atoms with Crippen LogP contribution in [0.1, 0.15) is 5.56 Å². The minimum atomic E-state index is -0.210. The molecule has 8 heteroatoms. The van der Waals surface area contributed by atoms with Crippen molar-refractivity contribution in [3.8, 4) is 33.5 Å². The van der Waals surface area contributed by atoms with E-state index >= 15 is 0 Å². The highest BCUT2D eigenvalue weighted by Crippen LogP contribution is 2.34. The molecular formula is C27H18ClN5O2. The summed E-state index contributed by atoms with van der Waals surface area (Å²) in [6.45, 7) is 0.339. The van der Waals surface area contributed by atoms with Crippen molar-refractivity contribution in [3.05, 3.63) is 119 Å². The summed E-state index contributed by atoms with van der Waals surface area (Å²) >= 11 is 6.11. The Morgan fingerprint density at radius 1 is 0.829 bits per heavy atom. The summed E-state index contributed by atoms with van der Waals surface area (Å²) < 4.78 is 7.99. The van der Waals surface area contributed by atoms with Crippen molar-refractivity contribution in [2.24, 2.45) is 0 Å². The van der Waals surface area contributed by atoms with Crippen LogP contribution in [-0.2, 0) is 6.54 Å².